The molecule has 4 heteroatoms. The van der Waals surface area contributed by atoms with Crippen molar-refractivity contribution in [2.24, 2.45) is 5.92 Å². The van der Waals surface area contributed by atoms with Crippen molar-refractivity contribution in [2.75, 3.05) is 33.7 Å². The molecular formula is C14H29N3O. The Balaban J connectivity index is 2.04. The summed E-state index contributed by atoms with van der Waals surface area (Å²) >= 11 is 0. The molecule has 0 aliphatic heterocycles. The van der Waals surface area contributed by atoms with E-state index in [0.29, 0.717) is 5.92 Å². The van der Waals surface area contributed by atoms with Gasteiger partial charge in [-0.15, -0.1) is 0 Å². The summed E-state index contributed by atoms with van der Waals surface area (Å²) in [5, 5.41) is 2.97. The molecule has 1 fully saturated rings. The number of nitrogens with one attached hydrogen (secondary N) is 1. The van der Waals surface area contributed by atoms with Crippen LogP contribution in [0.3, 0.4) is 0 Å². The minimum atomic E-state index is 0.0583. The smallest absolute Gasteiger partial charge is 0.317 e. The van der Waals surface area contributed by atoms with Gasteiger partial charge in [0, 0.05) is 32.7 Å². The Morgan fingerprint density at radius 2 is 1.94 bits per heavy atom. The summed E-state index contributed by atoms with van der Waals surface area (Å²) in [5.74, 6) is 0.715. The number of likely N-dealkylation sites (N-methyl/N-ethyl adjacent to an activating group) is 2. The van der Waals surface area contributed by atoms with Crippen LogP contribution in [0.1, 0.15) is 39.5 Å². The number of rotatable bonds is 8. The molecule has 18 heavy (non-hydrogen) atoms. The van der Waals surface area contributed by atoms with Crippen LogP contribution in [0.15, 0.2) is 0 Å². The molecule has 1 aliphatic carbocycles. The Labute approximate surface area is 112 Å². The highest BCUT2D eigenvalue weighted by Crippen LogP contribution is 2.24. The first-order valence-corrected chi connectivity index (χ1v) is 7.20. The Morgan fingerprint density at radius 3 is 2.50 bits per heavy atom. The second-order valence-electron chi connectivity index (χ2n) is 5.90. The zero-order valence-electron chi connectivity index (χ0n) is 12.4. The summed E-state index contributed by atoms with van der Waals surface area (Å²) in [5.41, 5.74) is 0. The quantitative estimate of drug-likeness (QED) is 0.675. The number of hydrogen-bond donors (Lipinski definition) is 1. The Bertz CT molecular complexity index is 251. The molecule has 0 aromatic heterocycles. The molecule has 0 atom stereocenters. The van der Waals surface area contributed by atoms with Crippen molar-refractivity contribution in [2.45, 2.75) is 45.6 Å². The highest BCUT2D eigenvalue weighted by Gasteiger charge is 2.25. The van der Waals surface area contributed by atoms with E-state index < -0.39 is 0 Å². The first-order chi connectivity index (χ1) is 8.50. The van der Waals surface area contributed by atoms with E-state index >= 15 is 0 Å². The summed E-state index contributed by atoms with van der Waals surface area (Å²) in [6.07, 6.45) is 4.89. The zero-order valence-corrected chi connectivity index (χ0v) is 12.4. The van der Waals surface area contributed by atoms with Crippen LogP contribution < -0.4 is 5.32 Å². The maximum Gasteiger partial charge on any atom is 0.317 e. The van der Waals surface area contributed by atoms with Gasteiger partial charge in [0.1, 0.15) is 0 Å². The zero-order chi connectivity index (χ0) is 13.5. The van der Waals surface area contributed by atoms with E-state index in [1.54, 1.807) is 4.90 Å². The molecule has 0 saturated heterocycles. The van der Waals surface area contributed by atoms with E-state index in [-0.39, 0.29) is 6.03 Å². The Hall–Kier alpha value is -0.770. The van der Waals surface area contributed by atoms with Crippen molar-refractivity contribution < 1.29 is 4.79 Å². The van der Waals surface area contributed by atoms with Crippen LogP contribution in [-0.2, 0) is 0 Å². The van der Waals surface area contributed by atoms with Gasteiger partial charge in [-0.05, 0) is 38.6 Å². The molecule has 0 radical (unpaired) electrons. The lowest BCUT2D eigenvalue weighted by atomic mass is 10.1. The highest BCUT2D eigenvalue weighted by atomic mass is 16.2. The summed E-state index contributed by atoms with van der Waals surface area (Å²) in [6.45, 7) is 6.99. The van der Waals surface area contributed by atoms with Crippen LogP contribution in [0.2, 0.25) is 0 Å². The molecule has 0 bridgehead atoms. The molecule has 1 N–H and O–H groups in total. The Morgan fingerprint density at radius 1 is 1.28 bits per heavy atom. The molecule has 1 saturated carbocycles. The highest BCUT2D eigenvalue weighted by molar-refractivity contribution is 5.73. The van der Waals surface area contributed by atoms with E-state index in [1.807, 2.05) is 7.05 Å². The van der Waals surface area contributed by atoms with Crippen LogP contribution in [0.25, 0.3) is 0 Å². The summed E-state index contributed by atoms with van der Waals surface area (Å²) < 4.78 is 0. The van der Waals surface area contributed by atoms with Gasteiger partial charge < -0.3 is 15.1 Å². The van der Waals surface area contributed by atoms with Crippen LogP contribution in [0, 0.1) is 5.92 Å². The number of amides is 2. The van der Waals surface area contributed by atoms with Gasteiger partial charge in [0.15, 0.2) is 0 Å². The van der Waals surface area contributed by atoms with Crippen molar-refractivity contribution >= 4 is 6.03 Å². The summed E-state index contributed by atoms with van der Waals surface area (Å²) in [6, 6.07) is 0.829. The fraction of sp³-hybridized carbons (Fsp3) is 0.929. The standard InChI is InChI=1S/C14H29N3O/c1-12(2)6-5-9-15-14(18)17(4)11-10-16(3)13-7-8-13/h12-13H,5-11H2,1-4H3,(H,15,18). The van der Waals surface area contributed by atoms with Crippen LogP contribution >= 0.6 is 0 Å². The molecule has 1 aliphatic rings. The molecule has 4 nitrogen and oxygen atoms in total. The Kier molecular flexibility index (Phi) is 6.47. The minimum Gasteiger partial charge on any atom is -0.338 e. The second-order valence-corrected chi connectivity index (χ2v) is 5.90. The lowest BCUT2D eigenvalue weighted by Crippen LogP contribution is -2.41. The van der Waals surface area contributed by atoms with E-state index in [9.17, 15) is 4.79 Å². The normalized spacial score (nSPS) is 15.2. The molecule has 0 spiro atoms. The number of carbonyl (C=O) groups is 1. The molecule has 106 valence electrons. The molecule has 0 heterocycles. The minimum absolute atomic E-state index is 0.0583. The predicted molar refractivity (Wildman–Crippen MR) is 75.8 cm³/mol. The van der Waals surface area contributed by atoms with Crippen molar-refractivity contribution in [1.82, 2.24) is 15.1 Å². The van der Waals surface area contributed by atoms with Gasteiger partial charge >= 0.3 is 6.03 Å². The van der Waals surface area contributed by atoms with Crippen LogP contribution in [0.4, 0.5) is 4.79 Å². The molecular weight excluding hydrogens is 226 g/mol. The van der Waals surface area contributed by atoms with Gasteiger partial charge in [0.05, 0.1) is 0 Å². The lowest BCUT2D eigenvalue weighted by Gasteiger charge is -2.22. The molecule has 2 amide bonds. The number of nitrogens with zero attached hydrogens (tertiary/aromatic N) is 2. The average Bonchev–Trinajstić information content (AvgIpc) is 3.14. The first-order valence-electron chi connectivity index (χ1n) is 7.20. The molecule has 0 aromatic rings. The maximum atomic E-state index is 11.8. The van der Waals surface area contributed by atoms with Crippen molar-refractivity contribution in [1.29, 1.82) is 0 Å². The van der Waals surface area contributed by atoms with Crippen molar-refractivity contribution in [3.05, 3.63) is 0 Å². The van der Waals surface area contributed by atoms with Gasteiger partial charge in [0.25, 0.3) is 0 Å². The van der Waals surface area contributed by atoms with Crippen LogP contribution in [-0.4, -0.2) is 55.6 Å². The third-order valence-corrected chi connectivity index (χ3v) is 3.54. The molecule has 0 unspecified atom stereocenters. The fourth-order valence-corrected chi connectivity index (χ4v) is 1.95. The maximum absolute atomic E-state index is 11.8. The molecule has 1 rings (SSSR count). The van der Waals surface area contributed by atoms with Gasteiger partial charge in [-0.2, -0.15) is 0 Å². The first kappa shape index (κ1) is 15.3. The third kappa shape index (κ3) is 6.24. The van der Waals surface area contributed by atoms with Crippen LogP contribution in [0.5, 0.6) is 0 Å². The number of hydrogen-bond acceptors (Lipinski definition) is 2. The van der Waals surface area contributed by atoms with Gasteiger partial charge in [-0.1, -0.05) is 13.8 Å². The largest absolute Gasteiger partial charge is 0.338 e. The summed E-state index contributed by atoms with van der Waals surface area (Å²) in [7, 11) is 4.02. The number of urea groups is 1. The van der Waals surface area contributed by atoms with E-state index in [1.165, 1.54) is 19.3 Å². The second kappa shape index (κ2) is 7.62. The van der Waals surface area contributed by atoms with Crippen molar-refractivity contribution in [3.8, 4) is 0 Å². The monoisotopic (exact) mass is 255 g/mol. The fourth-order valence-electron chi connectivity index (χ4n) is 1.95. The van der Waals surface area contributed by atoms with Gasteiger partial charge in [-0.25, -0.2) is 4.79 Å². The topological polar surface area (TPSA) is 35.6 Å². The van der Waals surface area contributed by atoms with E-state index in [4.69, 9.17) is 0 Å². The van der Waals surface area contributed by atoms with Gasteiger partial charge in [-0.3, -0.25) is 0 Å². The van der Waals surface area contributed by atoms with Gasteiger partial charge in [0.2, 0.25) is 0 Å². The average molecular weight is 255 g/mol. The lowest BCUT2D eigenvalue weighted by molar-refractivity contribution is 0.199. The summed E-state index contributed by atoms with van der Waals surface area (Å²) in [4.78, 5) is 15.9. The van der Waals surface area contributed by atoms with Crippen molar-refractivity contribution in [3.63, 3.8) is 0 Å². The SMILES string of the molecule is CC(C)CCCNC(=O)N(C)CCN(C)C1CC1. The van der Waals surface area contributed by atoms with E-state index in [0.717, 1.165) is 32.1 Å². The van der Waals surface area contributed by atoms with E-state index in [2.05, 4.69) is 31.1 Å². The third-order valence-electron chi connectivity index (χ3n) is 3.54. The number of carbonyl (C=O) groups excluding carboxylic acids is 1. The molecule has 0 aromatic carbocycles. The predicted octanol–water partition coefficient (Wildman–Crippen LogP) is 2.16.